The van der Waals surface area contributed by atoms with Crippen LogP contribution in [0.2, 0.25) is 0 Å². The maximum absolute atomic E-state index is 5.53. The molecule has 0 amide bonds. The Morgan fingerprint density at radius 3 is 2.57 bits per heavy atom. The molecule has 1 aliphatic heterocycles. The standard InChI is InChI=1S/C17H31N3O/c1-14(2)10-15-11-18-20(12-15)16-6-8-19(9-7-16)13-17(3,4)21-5/h11-12,14,16H,6-10,13H2,1-5H3. The zero-order valence-corrected chi connectivity index (χ0v) is 14.3. The zero-order chi connectivity index (χ0) is 15.5. The summed E-state index contributed by atoms with van der Waals surface area (Å²) in [7, 11) is 1.80. The van der Waals surface area contributed by atoms with Gasteiger partial charge >= 0.3 is 0 Å². The van der Waals surface area contributed by atoms with E-state index in [1.807, 2.05) is 6.20 Å². The van der Waals surface area contributed by atoms with E-state index in [-0.39, 0.29) is 5.60 Å². The van der Waals surface area contributed by atoms with Crippen molar-refractivity contribution in [3.8, 4) is 0 Å². The van der Waals surface area contributed by atoms with Crippen molar-refractivity contribution in [1.29, 1.82) is 0 Å². The van der Waals surface area contributed by atoms with Gasteiger partial charge in [-0.25, -0.2) is 0 Å². The topological polar surface area (TPSA) is 30.3 Å². The number of hydrogen-bond acceptors (Lipinski definition) is 3. The lowest BCUT2D eigenvalue weighted by molar-refractivity contribution is -0.0144. The number of piperidine rings is 1. The molecule has 0 radical (unpaired) electrons. The first-order valence-corrected chi connectivity index (χ1v) is 8.20. The van der Waals surface area contributed by atoms with E-state index in [9.17, 15) is 0 Å². The third-order valence-corrected chi connectivity index (χ3v) is 4.39. The molecule has 2 rings (SSSR count). The van der Waals surface area contributed by atoms with E-state index >= 15 is 0 Å². The molecule has 1 fully saturated rings. The van der Waals surface area contributed by atoms with Crippen molar-refractivity contribution in [3.05, 3.63) is 18.0 Å². The maximum Gasteiger partial charge on any atom is 0.0749 e. The van der Waals surface area contributed by atoms with Crippen molar-refractivity contribution in [1.82, 2.24) is 14.7 Å². The molecule has 2 heterocycles. The van der Waals surface area contributed by atoms with Gasteiger partial charge in [-0.3, -0.25) is 4.68 Å². The van der Waals surface area contributed by atoms with Gasteiger partial charge in [0.05, 0.1) is 17.8 Å². The Morgan fingerprint density at radius 2 is 2.00 bits per heavy atom. The highest BCUT2D eigenvalue weighted by Crippen LogP contribution is 2.24. The van der Waals surface area contributed by atoms with Gasteiger partial charge in [0, 0.05) is 32.9 Å². The van der Waals surface area contributed by atoms with Crippen LogP contribution in [0.1, 0.15) is 52.1 Å². The van der Waals surface area contributed by atoms with Crippen LogP contribution in [-0.4, -0.2) is 47.0 Å². The molecule has 0 bridgehead atoms. The van der Waals surface area contributed by atoms with Gasteiger partial charge in [0.15, 0.2) is 0 Å². The number of aromatic nitrogens is 2. The Balaban J connectivity index is 1.85. The average Bonchev–Trinajstić information content (AvgIpc) is 2.87. The van der Waals surface area contributed by atoms with Gasteiger partial charge in [0.1, 0.15) is 0 Å². The molecule has 0 saturated carbocycles. The Kier molecular flexibility index (Phi) is 5.44. The van der Waals surface area contributed by atoms with Gasteiger partial charge in [0.25, 0.3) is 0 Å². The molecule has 0 atom stereocenters. The third kappa shape index (κ3) is 4.82. The largest absolute Gasteiger partial charge is 0.377 e. The summed E-state index contributed by atoms with van der Waals surface area (Å²) >= 11 is 0. The molecule has 120 valence electrons. The molecule has 1 aromatic heterocycles. The van der Waals surface area contributed by atoms with Crippen LogP contribution in [0.15, 0.2) is 12.4 Å². The molecule has 1 aliphatic rings. The van der Waals surface area contributed by atoms with Crippen LogP contribution in [-0.2, 0) is 11.2 Å². The van der Waals surface area contributed by atoms with Crippen LogP contribution < -0.4 is 0 Å². The van der Waals surface area contributed by atoms with Crippen LogP contribution in [0, 0.1) is 5.92 Å². The van der Waals surface area contributed by atoms with Crippen LogP contribution in [0.25, 0.3) is 0 Å². The number of likely N-dealkylation sites (tertiary alicyclic amines) is 1. The third-order valence-electron chi connectivity index (χ3n) is 4.39. The summed E-state index contributed by atoms with van der Waals surface area (Å²) in [6, 6.07) is 0.563. The number of methoxy groups -OCH3 is 1. The summed E-state index contributed by atoms with van der Waals surface area (Å²) in [5.74, 6) is 0.695. The van der Waals surface area contributed by atoms with E-state index in [4.69, 9.17) is 4.74 Å². The predicted octanol–water partition coefficient (Wildman–Crippen LogP) is 3.14. The molecule has 4 heteroatoms. The Morgan fingerprint density at radius 1 is 1.33 bits per heavy atom. The molecule has 1 aromatic rings. The van der Waals surface area contributed by atoms with E-state index in [1.54, 1.807) is 7.11 Å². The minimum absolute atomic E-state index is 0.0526. The molecule has 0 aliphatic carbocycles. The molecule has 0 unspecified atom stereocenters. The molecule has 4 nitrogen and oxygen atoms in total. The quantitative estimate of drug-likeness (QED) is 0.807. The molecule has 0 N–H and O–H groups in total. The first-order valence-electron chi connectivity index (χ1n) is 8.20. The van der Waals surface area contributed by atoms with Crippen molar-refractivity contribution in [2.75, 3.05) is 26.7 Å². The normalized spacial score (nSPS) is 18.6. The number of hydrogen-bond donors (Lipinski definition) is 0. The van der Waals surface area contributed by atoms with Crippen molar-refractivity contribution >= 4 is 0 Å². The van der Waals surface area contributed by atoms with E-state index < -0.39 is 0 Å². The van der Waals surface area contributed by atoms with E-state index in [2.05, 4.69) is 48.6 Å². The highest BCUT2D eigenvalue weighted by atomic mass is 16.5. The van der Waals surface area contributed by atoms with Crippen LogP contribution in [0.3, 0.4) is 0 Å². The molecule has 1 saturated heterocycles. The van der Waals surface area contributed by atoms with Gasteiger partial charge in [-0.15, -0.1) is 0 Å². The van der Waals surface area contributed by atoms with E-state index in [0.717, 1.165) is 26.1 Å². The van der Waals surface area contributed by atoms with E-state index in [0.29, 0.717) is 12.0 Å². The summed E-state index contributed by atoms with van der Waals surface area (Å²) in [6.07, 6.45) is 7.78. The summed E-state index contributed by atoms with van der Waals surface area (Å²) in [5, 5.41) is 4.58. The minimum atomic E-state index is -0.0526. The van der Waals surface area contributed by atoms with Crippen LogP contribution >= 0.6 is 0 Å². The zero-order valence-electron chi connectivity index (χ0n) is 14.3. The maximum atomic E-state index is 5.53. The Bertz CT molecular complexity index is 431. The lowest BCUT2D eigenvalue weighted by Crippen LogP contribution is -2.44. The summed E-state index contributed by atoms with van der Waals surface area (Å²) < 4.78 is 7.72. The van der Waals surface area contributed by atoms with Gasteiger partial charge in [-0.05, 0) is 44.6 Å². The molecular formula is C17H31N3O. The van der Waals surface area contributed by atoms with Gasteiger partial charge in [-0.2, -0.15) is 5.10 Å². The molecule has 21 heavy (non-hydrogen) atoms. The van der Waals surface area contributed by atoms with Gasteiger partial charge in [0.2, 0.25) is 0 Å². The molecular weight excluding hydrogens is 262 g/mol. The highest BCUT2D eigenvalue weighted by molar-refractivity contribution is 5.05. The summed E-state index contributed by atoms with van der Waals surface area (Å²) in [6.45, 7) is 12.1. The van der Waals surface area contributed by atoms with Crippen LogP contribution in [0.5, 0.6) is 0 Å². The smallest absolute Gasteiger partial charge is 0.0749 e. The second-order valence-corrected chi connectivity index (χ2v) is 7.40. The monoisotopic (exact) mass is 293 g/mol. The second kappa shape index (κ2) is 6.93. The van der Waals surface area contributed by atoms with Crippen molar-refractivity contribution in [3.63, 3.8) is 0 Å². The van der Waals surface area contributed by atoms with Crippen LogP contribution in [0.4, 0.5) is 0 Å². The fourth-order valence-electron chi connectivity index (χ4n) is 3.10. The lowest BCUT2D eigenvalue weighted by Gasteiger charge is -2.36. The van der Waals surface area contributed by atoms with E-state index in [1.165, 1.54) is 18.4 Å². The molecule has 0 spiro atoms. The Labute approximate surface area is 129 Å². The fraction of sp³-hybridized carbons (Fsp3) is 0.824. The van der Waals surface area contributed by atoms with Gasteiger partial charge < -0.3 is 9.64 Å². The first-order chi connectivity index (χ1) is 9.89. The lowest BCUT2D eigenvalue weighted by atomic mass is 10.0. The minimum Gasteiger partial charge on any atom is -0.377 e. The average molecular weight is 293 g/mol. The Hall–Kier alpha value is -0.870. The van der Waals surface area contributed by atoms with Gasteiger partial charge in [-0.1, -0.05) is 13.8 Å². The number of ether oxygens (including phenoxy) is 1. The predicted molar refractivity (Wildman–Crippen MR) is 86.6 cm³/mol. The molecule has 0 aromatic carbocycles. The second-order valence-electron chi connectivity index (χ2n) is 7.40. The SMILES string of the molecule is COC(C)(C)CN1CCC(n2cc(CC(C)C)cn2)CC1. The van der Waals surface area contributed by atoms with Crippen molar-refractivity contribution < 1.29 is 4.74 Å². The van der Waals surface area contributed by atoms with Crippen molar-refractivity contribution in [2.45, 2.75) is 58.6 Å². The summed E-state index contributed by atoms with van der Waals surface area (Å²) in [4.78, 5) is 2.51. The summed E-state index contributed by atoms with van der Waals surface area (Å²) in [5.41, 5.74) is 1.32. The number of nitrogens with zero attached hydrogens (tertiary/aromatic N) is 3. The first kappa shape index (κ1) is 16.5. The highest BCUT2D eigenvalue weighted by Gasteiger charge is 2.26. The van der Waals surface area contributed by atoms with Crippen molar-refractivity contribution in [2.24, 2.45) is 5.92 Å². The fourth-order valence-corrected chi connectivity index (χ4v) is 3.10. The number of rotatable bonds is 6.